The Balaban J connectivity index is 2.29. The molecule has 0 radical (unpaired) electrons. The highest BCUT2D eigenvalue weighted by Crippen LogP contribution is 2.26. The van der Waals surface area contributed by atoms with Gasteiger partial charge in [-0.3, -0.25) is 4.79 Å². The average molecular weight is 333 g/mol. The minimum atomic E-state index is -0.316. The monoisotopic (exact) mass is 333 g/mol. The van der Waals surface area contributed by atoms with Gasteiger partial charge in [0.2, 0.25) is 5.91 Å². The van der Waals surface area contributed by atoms with E-state index < -0.39 is 0 Å². The third kappa shape index (κ3) is 4.64. The summed E-state index contributed by atoms with van der Waals surface area (Å²) in [6.45, 7) is 8.98. The van der Waals surface area contributed by atoms with Crippen molar-refractivity contribution in [3.05, 3.63) is 41.8 Å². The van der Waals surface area contributed by atoms with Crippen LogP contribution in [0.15, 0.2) is 30.3 Å². The van der Waals surface area contributed by atoms with Gasteiger partial charge < -0.3 is 10.1 Å². The van der Waals surface area contributed by atoms with E-state index in [4.69, 9.17) is 4.74 Å². The molecule has 0 aliphatic rings. The molecule has 0 saturated heterocycles. The molecule has 1 N–H and O–H groups in total. The highest BCUT2D eigenvalue weighted by atomic mass is 19.1. The van der Waals surface area contributed by atoms with Crippen molar-refractivity contribution >= 4 is 11.7 Å². The molecule has 0 unspecified atom stereocenters. The number of rotatable bonds is 6. The van der Waals surface area contributed by atoms with E-state index in [9.17, 15) is 9.18 Å². The summed E-state index contributed by atoms with van der Waals surface area (Å²) in [5.74, 6) is 0.101. The molecule has 0 spiro atoms. The number of ether oxygens (including phenoxy) is 1. The zero-order chi connectivity index (χ0) is 17.7. The van der Waals surface area contributed by atoms with Gasteiger partial charge in [-0.25, -0.2) is 9.07 Å². The van der Waals surface area contributed by atoms with Crippen LogP contribution in [0.4, 0.5) is 10.2 Å². The van der Waals surface area contributed by atoms with Crippen molar-refractivity contribution in [2.45, 2.75) is 39.5 Å². The van der Waals surface area contributed by atoms with Crippen molar-refractivity contribution in [3.63, 3.8) is 0 Å². The van der Waals surface area contributed by atoms with Crippen molar-refractivity contribution in [2.24, 2.45) is 0 Å². The third-order valence-corrected chi connectivity index (χ3v) is 3.49. The Bertz CT molecular complexity index is 687. The maximum Gasteiger partial charge on any atom is 0.227 e. The first-order chi connectivity index (χ1) is 11.3. The highest BCUT2D eigenvalue weighted by molar-refractivity contribution is 5.90. The molecule has 0 aliphatic carbocycles. The number of amides is 1. The van der Waals surface area contributed by atoms with Gasteiger partial charge in [-0.2, -0.15) is 5.10 Å². The van der Waals surface area contributed by atoms with Crippen LogP contribution in [0.3, 0.4) is 0 Å². The SMILES string of the molecule is CCOCCC(=O)Nc1cc(C(C)(C)C)nn1-c1ccc(F)cc1. The third-order valence-electron chi connectivity index (χ3n) is 3.49. The summed E-state index contributed by atoms with van der Waals surface area (Å²) in [6.07, 6.45) is 0.271. The number of anilines is 1. The van der Waals surface area contributed by atoms with Crippen LogP contribution in [0.1, 0.15) is 39.8 Å². The lowest BCUT2D eigenvalue weighted by Gasteiger charge is -2.14. The number of hydrogen-bond donors (Lipinski definition) is 1. The summed E-state index contributed by atoms with van der Waals surface area (Å²) < 4.78 is 20.0. The molecule has 1 amide bonds. The first kappa shape index (κ1) is 18.1. The van der Waals surface area contributed by atoms with E-state index in [1.54, 1.807) is 16.8 Å². The van der Waals surface area contributed by atoms with E-state index in [2.05, 4.69) is 10.4 Å². The van der Waals surface area contributed by atoms with Gasteiger partial charge in [-0.1, -0.05) is 20.8 Å². The van der Waals surface area contributed by atoms with E-state index in [0.29, 0.717) is 24.7 Å². The van der Waals surface area contributed by atoms with Crippen LogP contribution in [0.2, 0.25) is 0 Å². The Morgan fingerprint density at radius 3 is 2.54 bits per heavy atom. The molecule has 2 rings (SSSR count). The molecular weight excluding hydrogens is 309 g/mol. The van der Waals surface area contributed by atoms with Crippen molar-refractivity contribution in [1.82, 2.24) is 9.78 Å². The summed E-state index contributed by atoms with van der Waals surface area (Å²) in [5, 5.41) is 7.44. The molecule has 24 heavy (non-hydrogen) atoms. The maximum atomic E-state index is 13.2. The summed E-state index contributed by atoms with van der Waals surface area (Å²) in [7, 11) is 0. The quantitative estimate of drug-likeness (QED) is 0.821. The van der Waals surface area contributed by atoms with Gasteiger partial charge in [0, 0.05) is 18.1 Å². The zero-order valence-corrected chi connectivity index (χ0v) is 14.6. The second-order valence-electron chi connectivity index (χ2n) is 6.55. The molecule has 5 nitrogen and oxygen atoms in total. The van der Waals surface area contributed by atoms with Crippen molar-refractivity contribution in [2.75, 3.05) is 18.5 Å². The molecule has 0 fully saturated rings. The van der Waals surface area contributed by atoms with E-state index >= 15 is 0 Å². The lowest BCUT2D eigenvalue weighted by atomic mass is 9.92. The number of halogens is 1. The Labute approximate surface area is 141 Å². The second kappa shape index (κ2) is 7.57. The lowest BCUT2D eigenvalue weighted by molar-refractivity contribution is -0.117. The Kier molecular flexibility index (Phi) is 5.72. The van der Waals surface area contributed by atoms with Crippen LogP contribution in [-0.2, 0) is 14.9 Å². The van der Waals surface area contributed by atoms with Gasteiger partial charge >= 0.3 is 0 Å². The van der Waals surface area contributed by atoms with Crippen LogP contribution in [0, 0.1) is 5.82 Å². The predicted octanol–water partition coefficient (Wildman–Crippen LogP) is 3.67. The van der Waals surface area contributed by atoms with Crippen LogP contribution in [0.5, 0.6) is 0 Å². The minimum Gasteiger partial charge on any atom is -0.381 e. The maximum absolute atomic E-state index is 13.2. The molecular formula is C18H24FN3O2. The Morgan fingerprint density at radius 2 is 1.96 bits per heavy atom. The molecule has 6 heteroatoms. The van der Waals surface area contributed by atoms with E-state index in [0.717, 1.165) is 5.69 Å². The zero-order valence-electron chi connectivity index (χ0n) is 14.6. The minimum absolute atomic E-state index is 0.146. The number of hydrogen-bond acceptors (Lipinski definition) is 3. The van der Waals surface area contributed by atoms with Gasteiger partial charge in [-0.05, 0) is 31.2 Å². The normalized spacial score (nSPS) is 11.5. The number of aromatic nitrogens is 2. The molecule has 1 aromatic heterocycles. The Morgan fingerprint density at radius 1 is 1.29 bits per heavy atom. The van der Waals surface area contributed by atoms with Gasteiger partial charge in [-0.15, -0.1) is 0 Å². The molecule has 0 aliphatic heterocycles. The average Bonchev–Trinajstić information content (AvgIpc) is 2.92. The number of carbonyl (C=O) groups is 1. The first-order valence-electron chi connectivity index (χ1n) is 8.05. The van der Waals surface area contributed by atoms with Crippen molar-refractivity contribution in [3.8, 4) is 5.69 Å². The molecule has 1 aromatic carbocycles. The van der Waals surface area contributed by atoms with Gasteiger partial charge in [0.25, 0.3) is 0 Å². The van der Waals surface area contributed by atoms with Gasteiger partial charge in [0.05, 0.1) is 24.4 Å². The molecule has 0 saturated carbocycles. The number of nitrogens with one attached hydrogen (secondary N) is 1. The lowest BCUT2D eigenvalue weighted by Crippen LogP contribution is -2.16. The Hall–Kier alpha value is -2.21. The molecule has 1 heterocycles. The van der Waals surface area contributed by atoms with Crippen molar-refractivity contribution < 1.29 is 13.9 Å². The number of nitrogens with zero attached hydrogens (tertiary/aromatic N) is 2. The standard InChI is InChI=1S/C18H24FN3O2/c1-5-24-11-10-17(23)20-16-12-15(18(2,3)4)21-22(16)14-8-6-13(19)7-9-14/h6-9,12H,5,10-11H2,1-4H3,(H,20,23). The smallest absolute Gasteiger partial charge is 0.227 e. The van der Waals surface area contributed by atoms with Crippen LogP contribution >= 0.6 is 0 Å². The van der Waals surface area contributed by atoms with Crippen LogP contribution < -0.4 is 5.32 Å². The molecule has 130 valence electrons. The van der Waals surface area contributed by atoms with E-state index in [1.807, 2.05) is 33.8 Å². The second-order valence-corrected chi connectivity index (χ2v) is 6.55. The fraction of sp³-hybridized carbons (Fsp3) is 0.444. The fourth-order valence-electron chi connectivity index (χ4n) is 2.13. The summed E-state index contributed by atoms with van der Waals surface area (Å²) in [6, 6.07) is 7.85. The fourth-order valence-corrected chi connectivity index (χ4v) is 2.13. The van der Waals surface area contributed by atoms with Gasteiger partial charge in [0.1, 0.15) is 11.6 Å². The summed E-state index contributed by atoms with van der Waals surface area (Å²) in [5.41, 5.74) is 1.36. The molecule has 0 atom stereocenters. The van der Waals surface area contributed by atoms with Gasteiger partial charge in [0.15, 0.2) is 0 Å². The van der Waals surface area contributed by atoms with Crippen LogP contribution in [0.25, 0.3) is 5.69 Å². The highest BCUT2D eigenvalue weighted by Gasteiger charge is 2.21. The first-order valence-corrected chi connectivity index (χ1v) is 8.05. The predicted molar refractivity (Wildman–Crippen MR) is 92.0 cm³/mol. The summed E-state index contributed by atoms with van der Waals surface area (Å²) in [4.78, 5) is 12.1. The number of carbonyl (C=O) groups excluding carboxylic acids is 1. The largest absolute Gasteiger partial charge is 0.381 e. The molecule has 0 bridgehead atoms. The number of benzene rings is 1. The van der Waals surface area contributed by atoms with E-state index in [1.165, 1.54) is 12.1 Å². The summed E-state index contributed by atoms with van der Waals surface area (Å²) >= 11 is 0. The van der Waals surface area contributed by atoms with Crippen LogP contribution in [-0.4, -0.2) is 28.9 Å². The van der Waals surface area contributed by atoms with E-state index in [-0.39, 0.29) is 23.6 Å². The molecule has 2 aromatic rings. The topological polar surface area (TPSA) is 56.1 Å². The van der Waals surface area contributed by atoms with Crippen molar-refractivity contribution in [1.29, 1.82) is 0 Å².